The molecule has 0 saturated carbocycles. The molecule has 1 saturated heterocycles. The highest BCUT2D eigenvalue weighted by Gasteiger charge is 2.21. The van der Waals surface area contributed by atoms with Gasteiger partial charge in [-0.3, -0.25) is 0 Å². The van der Waals surface area contributed by atoms with Crippen LogP contribution in [0.5, 0.6) is 0 Å². The number of nitriles is 1. The predicted octanol–water partition coefficient (Wildman–Crippen LogP) is 3.04. The molecule has 1 aliphatic heterocycles. The lowest BCUT2D eigenvalue weighted by molar-refractivity contribution is 0.357. The molecule has 1 aliphatic rings. The lowest BCUT2D eigenvalue weighted by Gasteiger charge is -2.36. The Morgan fingerprint density at radius 2 is 1.69 bits per heavy atom. The van der Waals surface area contributed by atoms with Crippen LogP contribution in [0.1, 0.15) is 25.8 Å². The van der Waals surface area contributed by atoms with Crippen LogP contribution in [0, 0.1) is 23.2 Å². The molecule has 0 radical (unpaired) electrons. The first-order valence-electron chi connectivity index (χ1n) is 5.94. The van der Waals surface area contributed by atoms with Crippen LogP contribution in [0.2, 0.25) is 0 Å². The number of nitrogens with zero attached hydrogens (tertiary/aromatic N) is 2. The number of hydrogen-bond acceptors (Lipinski definition) is 2. The van der Waals surface area contributed by atoms with Gasteiger partial charge < -0.3 is 4.90 Å². The SMILES string of the molecule is CC1CC(C)CN(c2ccc(C#N)cc2)C1. The molecular formula is C14H18N2. The number of rotatable bonds is 1. The summed E-state index contributed by atoms with van der Waals surface area (Å²) in [4.78, 5) is 2.43. The van der Waals surface area contributed by atoms with E-state index in [1.807, 2.05) is 12.1 Å². The zero-order valence-corrected chi connectivity index (χ0v) is 9.98. The van der Waals surface area contributed by atoms with Gasteiger partial charge in [0.05, 0.1) is 11.6 Å². The molecule has 2 heteroatoms. The molecule has 0 N–H and O–H groups in total. The van der Waals surface area contributed by atoms with E-state index in [1.54, 1.807) is 0 Å². The zero-order valence-electron chi connectivity index (χ0n) is 9.98. The summed E-state index contributed by atoms with van der Waals surface area (Å²) in [7, 11) is 0. The van der Waals surface area contributed by atoms with Crippen molar-refractivity contribution in [2.75, 3.05) is 18.0 Å². The maximum absolute atomic E-state index is 8.76. The largest absolute Gasteiger partial charge is 0.371 e. The molecule has 0 aromatic heterocycles. The molecule has 2 nitrogen and oxygen atoms in total. The van der Waals surface area contributed by atoms with E-state index in [0.717, 1.165) is 30.5 Å². The Labute approximate surface area is 97.5 Å². The highest BCUT2D eigenvalue weighted by atomic mass is 15.1. The highest BCUT2D eigenvalue weighted by molar-refractivity contribution is 5.50. The van der Waals surface area contributed by atoms with Crippen molar-refractivity contribution in [2.24, 2.45) is 11.8 Å². The Morgan fingerprint density at radius 3 is 2.19 bits per heavy atom. The molecule has 16 heavy (non-hydrogen) atoms. The summed E-state index contributed by atoms with van der Waals surface area (Å²) < 4.78 is 0. The third-order valence-electron chi connectivity index (χ3n) is 3.23. The average molecular weight is 214 g/mol. The second-order valence-electron chi connectivity index (χ2n) is 5.01. The van der Waals surface area contributed by atoms with Crippen molar-refractivity contribution >= 4 is 5.69 Å². The van der Waals surface area contributed by atoms with Gasteiger partial charge in [0.2, 0.25) is 0 Å². The van der Waals surface area contributed by atoms with E-state index < -0.39 is 0 Å². The summed E-state index contributed by atoms with van der Waals surface area (Å²) >= 11 is 0. The van der Waals surface area contributed by atoms with Gasteiger partial charge in [-0.2, -0.15) is 5.26 Å². The molecule has 1 fully saturated rings. The van der Waals surface area contributed by atoms with Gasteiger partial charge in [-0.15, -0.1) is 0 Å². The topological polar surface area (TPSA) is 27.0 Å². The van der Waals surface area contributed by atoms with E-state index in [4.69, 9.17) is 5.26 Å². The molecule has 1 heterocycles. The predicted molar refractivity (Wildman–Crippen MR) is 66.3 cm³/mol. The summed E-state index contributed by atoms with van der Waals surface area (Å²) in [6.45, 7) is 6.89. The van der Waals surface area contributed by atoms with Crippen LogP contribution in [0.4, 0.5) is 5.69 Å². The van der Waals surface area contributed by atoms with Crippen molar-refractivity contribution in [2.45, 2.75) is 20.3 Å². The van der Waals surface area contributed by atoms with Crippen molar-refractivity contribution in [1.29, 1.82) is 5.26 Å². The van der Waals surface area contributed by atoms with Gasteiger partial charge >= 0.3 is 0 Å². The number of benzene rings is 1. The first-order valence-corrected chi connectivity index (χ1v) is 5.94. The van der Waals surface area contributed by atoms with Crippen molar-refractivity contribution in [3.05, 3.63) is 29.8 Å². The summed E-state index contributed by atoms with van der Waals surface area (Å²) in [5.74, 6) is 1.53. The molecule has 0 aliphatic carbocycles. The van der Waals surface area contributed by atoms with Gasteiger partial charge in [0, 0.05) is 18.8 Å². The summed E-state index contributed by atoms with van der Waals surface area (Å²) in [6.07, 6.45) is 1.33. The smallest absolute Gasteiger partial charge is 0.0991 e. The van der Waals surface area contributed by atoms with E-state index in [-0.39, 0.29) is 0 Å². The number of piperidine rings is 1. The lowest BCUT2D eigenvalue weighted by atomic mass is 9.91. The van der Waals surface area contributed by atoms with Crippen molar-refractivity contribution in [3.63, 3.8) is 0 Å². The molecule has 0 amide bonds. The molecule has 1 aromatic rings. The van der Waals surface area contributed by atoms with Crippen molar-refractivity contribution in [1.82, 2.24) is 0 Å². The standard InChI is InChI=1S/C14H18N2/c1-11-7-12(2)10-16(9-11)14-5-3-13(8-15)4-6-14/h3-6,11-12H,7,9-10H2,1-2H3. The summed E-state index contributed by atoms with van der Waals surface area (Å²) in [6, 6.07) is 10.1. The second-order valence-corrected chi connectivity index (χ2v) is 5.01. The van der Waals surface area contributed by atoms with Gasteiger partial charge in [-0.05, 0) is 42.5 Å². The highest BCUT2D eigenvalue weighted by Crippen LogP contribution is 2.26. The maximum Gasteiger partial charge on any atom is 0.0991 e. The van der Waals surface area contributed by atoms with Crippen LogP contribution in [0.25, 0.3) is 0 Å². The third kappa shape index (κ3) is 2.36. The summed E-state index contributed by atoms with van der Waals surface area (Å²) in [5, 5.41) is 8.76. The van der Waals surface area contributed by atoms with Crippen LogP contribution in [0.15, 0.2) is 24.3 Å². The molecule has 2 rings (SSSR count). The average Bonchev–Trinajstić information content (AvgIpc) is 2.28. The monoisotopic (exact) mass is 214 g/mol. The first-order chi connectivity index (χ1) is 7.69. The fourth-order valence-electron chi connectivity index (χ4n) is 2.62. The van der Waals surface area contributed by atoms with Crippen LogP contribution in [0.3, 0.4) is 0 Å². The molecule has 2 atom stereocenters. The van der Waals surface area contributed by atoms with Crippen LogP contribution in [-0.4, -0.2) is 13.1 Å². The van der Waals surface area contributed by atoms with Crippen molar-refractivity contribution < 1.29 is 0 Å². The third-order valence-corrected chi connectivity index (χ3v) is 3.23. The van der Waals surface area contributed by atoms with Crippen LogP contribution >= 0.6 is 0 Å². The Bertz CT molecular complexity index is 378. The molecule has 0 bridgehead atoms. The minimum atomic E-state index is 0.738. The summed E-state index contributed by atoms with van der Waals surface area (Å²) in [5.41, 5.74) is 1.99. The minimum absolute atomic E-state index is 0.738. The molecule has 84 valence electrons. The quantitative estimate of drug-likeness (QED) is 0.718. The van der Waals surface area contributed by atoms with Crippen molar-refractivity contribution in [3.8, 4) is 6.07 Å². The van der Waals surface area contributed by atoms with Gasteiger partial charge in [0.15, 0.2) is 0 Å². The van der Waals surface area contributed by atoms with E-state index in [9.17, 15) is 0 Å². The Balaban J connectivity index is 2.14. The van der Waals surface area contributed by atoms with Gasteiger partial charge in [-0.25, -0.2) is 0 Å². The van der Waals surface area contributed by atoms with Gasteiger partial charge in [-0.1, -0.05) is 13.8 Å². The number of anilines is 1. The Morgan fingerprint density at radius 1 is 1.12 bits per heavy atom. The maximum atomic E-state index is 8.76. The van der Waals surface area contributed by atoms with Crippen LogP contribution < -0.4 is 4.90 Å². The number of hydrogen-bond donors (Lipinski definition) is 0. The molecule has 2 unspecified atom stereocenters. The van der Waals surface area contributed by atoms with E-state index in [2.05, 4.69) is 36.9 Å². The normalized spacial score (nSPS) is 25.2. The Kier molecular flexibility index (Phi) is 3.14. The van der Waals surface area contributed by atoms with Gasteiger partial charge in [0.25, 0.3) is 0 Å². The fourth-order valence-corrected chi connectivity index (χ4v) is 2.62. The van der Waals surface area contributed by atoms with Crippen LogP contribution in [-0.2, 0) is 0 Å². The molecule has 0 spiro atoms. The van der Waals surface area contributed by atoms with E-state index in [1.165, 1.54) is 12.1 Å². The van der Waals surface area contributed by atoms with E-state index >= 15 is 0 Å². The van der Waals surface area contributed by atoms with E-state index in [0.29, 0.717) is 0 Å². The fraction of sp³-hybridized carbons (Fsp3) is 0.500. The molecular weight excluding hydrogens is 196 g/mol. The molecule has 1 aromatic carbocycles. The van der Waals surface area contributed by atoms with Gasteiger partial charge in [0.1, 0.15) is 0 Å². The second kappa shape index (κ2) is 4.57. The minimum Gasteiger partial charge on any atom is -0.371 e. The lowest BCUT2D eigenvalue weighted by Crippen LogP contribution is -2.38. The first kappa shape index (κ1) is 11.0. The Hall–Kier alpha value is -1.49. The zero-order chi connectivity index (χ0) is 11.5.